The highest BCUT2D eigenvalue weighted by molar-refractivity contribution is 7.89. The van der Waals surface area contributed by atoms with Gasteiger partial charge in [-0.2, -0.15) is 0 Å². The SMILES string of the molecule is O=C(CONS(=O)(=O)c1ccc(F)cc1)Nc1cccc(Cl)c1. The number of sulfonamides is 1. The zero-order chi connectivity index (χ0) is 16.9. The van der Waals surface area contributed by atoms with Crippen molar-refractivity contribution in [3.8, 4) is 0 Å². The van der Waals surface area contributed by atoms with E-state index in [9.17, 15) is 17.6 Å². The fourth-order valence-corrected chi connectivity index (χ4v) is 2.59. The Morgan fingerprint density at radius 1 is 1.17 bits per heavy atom. The number of amides is 1. The van der Waals surface area contributed by atoms with Crippen LogP contribution in [0.1, 0.15) is 0 Å². The van der Waals surface area contributed by atoms with Crippen LogP contribution in [-0.4, -0.2) is 20.9 Å². The van der Waals surface area contributed by atoms with Gasteiger partial charge in [-0.15, -0.1) is 0 Å². The molecule has 0 aromatic heterocycles. The third-order valence-electron chi connectivity index (χ3n) is 2.60. The molecule has 0 bridgehead atoms. The molecule has 2 aromatic rings. The minimum absolute atomic E-state index is 0.186. The van der Waals surface area contributed by atoms with Crippen LogP contribution in [0.3, 0.4) is 0 Å². The Morgan fingerprint density at radius 3 is 2.52 bits per heavy atom. The first-order valence-electron chi connectivity index (χ1n) is 6.31. The van der Waals surface area contributed by atoms with Gasteiger partial charge in [-0.25, -0.2) is 12.8 Å². The smallest absolute Gasteiger partial charge is 0.262 e. The van der Waals surface area contributed by atoms with Gasteiger partial charge in [0.1, 0.15) is 12.4 Å². The number of anilines is 1. The molecule has 122 valence electrons. The minimum Gasteiger partial charge on any atom is -0.324 e. The summed E-state index contributed by atoms with van der Waals surface area (Å²) < 4.78 is 36.4. The quantitative estimate of drug-likeness (QED) is 0.776. The van der Waals surface area contributed by atoms with Crippen molar-refractivity contribution in [2.24, 2.45) is 0 Å². The first-order chi connectivity index (χ1) is 10.9. The van der Waals surface area contributed by atoms with E-state index in [-0.39, 0.29) is 4.90 Å². The number of benzene rings is 2. The predicted molar refractivity (Wildman–Crippen MR) is 82.8 cm³/mol. The van der Waals surface area contributed by atoms with Crippen LogP contribution in [0.5, 0.6) is 0 Å². The minimum atomic E-state index is -3.99. The van der Waals surface area contributed by atoms with E-state index in [1.54, 1.807) is 23.1 Å². The van der Waals surface area contributed by atoms with E-state index in [1.807, 2.05) is 0 Å². The fourth-order valence-electron chi connectivity index (χ4n) is 1.60. The van der Waals surface area contributed by atoms with Crippen LogP contribution in [0.4, 0.5) is 10.1 Å². The Hall–Kier alpha value is -2.00. The Kier molecular flexibility index (Phi) is 5.67. The highest BCUT2D eigenvalue weighted by Crippen LogP contribution is 2.14. The molecule has 2 N–H and O–H groups in total. The lowest BCUT2D eigenvalue weighted by Crippen LogP contribution is -2.29. The Morgan fingerprint density at radius 2 is 1.87 bits per heavy atom. The summed E-state index contributed by atoms with van der Waals surface area (Å²) in [7, 11) is -3.99. The average Bonchev–Trinajstić information content (AvgIpc) is 2.47. The molecular formula is C14H12ClFN2O4S. The van der Waals surface area contributed by atoms with Crippen LogP contribution in [0.15, 0.2) is 53.4 Å². The summed E-state index contributed by atoms with van der Waals surface area (Å²) in [6, 6.07) is 10.6. The molecule has 0 unspecified atom stereocenters. The number of rotatable bonds is 6. The lowest BCUT2D eigenvalue weighted by atomic mass is 10.3. The van der Waals surface area contributed by atoms with Gasteiger partial charge < -0.3 is 5.32 Å². The molecule has 0 radical (unpaired) electrons. The van der Waals surface area contributed by atoms with Crippen LogP contribution in [0, 0.1) is 5.82 Å². The van der Waals surface area contributed by atoms with E-state index < -0.39 is 28.4 Å². The number of halogens is 2. The van der Waals surface area contributed by atoms with Crippen LogP contribution in [0.2, 0.25) is 5.02 Å². The number of nitrogens with one attached hydrogen (secondary N) is 2. The van der Waals surface area contributed by atoms with Gasteiger partial charge in [0, 0.05) is 10.7 Å². The summed E-state index contributed by atoms with van der Waals surface area (Å²) in [5, 5.41) is 2.93. The van der Waals surface area contributed by atoms with E-state index in [0.29, 0.717) is 10.7 Å². The summed E-state index contributed by atoms with van der Waals surface area (Å²) in [4.78, 5) is 17.9. The summed E-state index contributed by atoms with van der Waals surface area (Å²) in [6.45, 7) is -0.549. The van der Waals surface area contributed by atoms with E-state index in [0.717, 1.165) is 24.3 Å². The lowest BCUT2D eigenvalue weighted by Gasteiger charge is -2.08. The second-order valence-electron chi connectivity index (χ2n) is 4.39. The highest BCUT2D eigenvalue weighted by atomic mass is 35.5. The van der Waals surface area contributed by atoms with Crippen molar-refractivity contribution < 1.29 is 22.4 Å². The first-order valence-corrected chi connectivity index (χ1v) is 8.17. The molecule has 23 heavy (non-hydrogen) atoms. The number of carbonyl (C=O) groups excluding carboxylic acids is 1. The van der Waals surface area contributed by atoms with Crippen molar-refractivity contribution >= 4 is 33.2 Å². The Balaban J connectivity index is 1.86. The Labute approximate surface area is 137 Å². The maximum Gasteiger partial charge on any atom is 0.262 e. The second-order valence-corrected chi connectivity index (χ2v) is 6.47. The van der Waals surface area contributed by atoms with Crippen molar-refractivity contribution in [3.63, 3.8) is 0 Å². The number of hydrogen-bond donors (Lipinski definition) is 2. The number of hydrogen-bond acceptors (Lipinski definition) is 4. The summed E-state index contributed by atoms with van der Waals surface area (Å²) in [5.41, 5.74) is 0.451. The van der Waals surface area contributed by atoms with Crippen molar-refractivity contribution in [1.82, 2.24) is 4.89 Å². The lowest BCUT2D eigenvalue weighted by molar-refractivity contribution is -0.121. The van der Waals surface area contributed by atoms with Crippen LogP contribution < -0.4 is 10.2 Å². The average molecular weight is 359 g/mol. The van der Waals surface area contributed by atoms with Crippen molar-refractivity contribution in [2.75, 3.05) is 11.9 Å². The topological polar surface area (TPSA) is 84.5 Å². The van der Waals surface area contributed by atoms with Crippen LogP contribution in [-0.2, 0) is 19.7 Å². The number of carbonyl (C=O) groups is 1. The second kappa shape index (κ2) is 7.51. The molecule has 9 heteroatoms. The molecule has 0 atom stereocenters. The Bertz CT molecular complexity index is 797. The van der Waals surface area contributed by atoms with Gasteiger partial charge >= 0.3 is 0 Å². The molecule has 1 amide bonds. The summed E-state index contributed by atoms with van der Waals surface area (Å²) in [5.74, 6) is -1.14. The van der Waals surface area contributed by atoms with Gasteiger partial charge in [0.2, 0.25) is 0 Å². The molecule has 0 saturated carbocycles. The van der Waals surface area contributed by atoms with Gasteiger partial charge in [-0.1, -0.05) is 22.6 Å². The van der Waals surface area contributed by atoms with E-state index in [1.165, 1.54) is 6.07 Å². The van der Waals surface area contributed by atoms with Crippen molar-refractivity contribution in [3.05, 3.63) is 59.4 Å². The summed E-state index contributed by atoms with van der Waals surface area (Å²) in [6.07, 6.45) is 0. The van der Waals surface area contributed by atoms with Gasteiger partial charge in [0.25, 0.3) is 15.9 Å². The standard InChI is InChI=1S/C14H12ClFN2O4S/c15-10-2-1-3-12(8-10)17-14(19)9-22-18-23(20,21)13-6-4-11(16)5-7-13/h1-8,18H,9H2,(H,17,19). The van der Waals surface area contributed by atoms with Crippen molar-refractivity contribution in [2.45, 2.75) is 4.90 Å². The van der Waals surface area contributed by atoms with E-state index in [2.05, 4.69) is 10.2 Å². The molecule has 0 aliphatic carbocycles. The maximum absolute atomic E-state index is 12.8. The zero-order valence-electron chi connectivity index (χ0n) is 11.6. The molecule has 0 aliphatic rings. The molecule has 2 rings (SSSR count). The monoisotopic (exact) mass is 358 g/mol. The van der Waals surface area contributed by atoms with Gasteiger partial charge in [0.05, 0.1) is 4.90 Å². The molecule has 0 saturated heterocycles. The molecular weight excluding hydrogens is 347 g/mol. The third-order valence-corrected chi connectivity index (χ3v) is 4.07. The first kappa shape index (κ1) is 17.4. The third kappa shape index (κ3) is 5.29. The molecule has 0 aliphatic heterocycles. The van der Waals surface area contributed by atoms with Crippen molar-refractivity contribution in [1.29, 1.82) is 0 Å². The largest absolute Gasteiger partial charge is 0.324 e. The van der Waals surface area contributed by atoms with Gasteiger partial charge in [-0.3, -0.25) is 9.63 Å². The maximum atomic E-state index is 12.8. The predicted octanol–water partition coefficient (Wildman–Crippen LogP) is 2.33. The van der Waals surface area contributed by atoms with E-state index in [4.69, 9.17) is 11.6 Å². The zero-order valence-corrected chi connectivity index (χ0v) is 13.2. The highest BCUT2D eigenvalue weighted by Gasteiger charge is 2.15. The molecule has 6 nitrogen and oxygen atoms in total. The van der Waals surface area contributed by atoms with Crippen LogP contribution in [0.25, 0.3) is 0 Å². The molecule has 2 aromatic carbocycles. The van der Waals surface area contributed by atoms with Crippen LogP contribution >= 0.6 is 11.6 Å². The van der Waals surface area contributed by atoms with Gasteiger partial charge in [-0.05, 0) is 42.5 Å². The normalized spacial score (nSPS) is 11.2. The molecule has 0 fully saturated rings. The van der Waals surface area contributed by atoms with E-state index >= 15 is 0 Å². The fraction of sp³-hybridized carbons (Fsp3) is 0.0714. The van der Waals surface area contributed by atoms with Gasteiger partial charge in [0.15, 0.2) is 0 Å². The summed E-state index contributed by atoms with van der Waals surface area (Å²) >= 11 is 5.77. The molecule has 0 heterocycles. The molecule has 0 spiro atoms.